The first-order valence-electron chi connectivity index (χ1n) is 11.0. The molecule has 8 heteroatoms. The second-order valence-electron chi connectivity index (χ2n) is 8.35. The van der Waals surface area contributed by atoms with Gasteiger partial charge in [-0.15, -0.1) is 0 Å². The Hall–Kier alpha value is -3.16. The minimum absolute atomic E-state index is 0.101. The maximum atomic E-state index is 15.0. The lowest BCUT2D eigenvalue weighted by atomic mass is 9.75. The molecule has 2 nitrogen and oxygen atoms in total. The molecule has 1 N–H and O–H groups in total. The zero-order valence-electron chi connectivity index (χ0n) is 18.3. The molecule has 1 aliphatic rings. The standard InChI is InChI=1S/C26H22F6O2/c1-2-34-20-12-10-18(24(30)26(20)32)17-8-7-15(21(27)23(17)29)13-3-5-14(6-4-13)16-9-11-19(33)25(31)22(16)28/h7-14,33H,2-6H2,1H3. The van der Waals surface area contributed by atoms with Gasteiger partial charge >= 0.3 is 0 Å². The van der Waals surface area contributed by atoms with E-state index in [4.69, 9.17) is 4.74 Å². The fourth-order valence-corrected chi connectivity index (χ4v) is 4.68. The van der Waals surface area contributed by atoms with Crippen molar-refractivity contribution in [1.29, 1.82) is 0 Å². The summed E-state index contributed by atoms with van der Waals surface area (Å²) in [5, 5.41) is 9.30. The largest absolute Gasteiger partial charge is 0.505 e. The molecule has 0 atom stereocenters. The summed E-state index contributed by atoms with van der Waals surface area (Å²) < 4.78 is 91.5. The number of ether oxygens (including phenoxy) is 1. The van der Waals surface area contributed by atoms with E-state index in [1.165, 1.54) is 18.2 Å². The molecule has 0 aliphatic heterocycles. The van der Waals surface area contributed by atoms with Gasteiger partial charge in [0.15, 0.2) is 34.8 Å². The minimum Gasteiger partial charge on any atom is -0.505 e. The molecule has 1 fully saturated rings. The number of halogens is 6. The summed E-state index contributed by atoms with van der Waals surface area (Å²) in [4.78, 5) is 0. The van der Waals surface area contributed by atoms with Crippen LogP contribution in [0.2, 0.25) is 0 Å². The first-order chi connectivity index (χ1) is 16.2. The Kier molecular flexibility index (Phi) is 6.77. The number of phenolic OH excluding ortho intramolecular Hbond substituents is 1. The van der Waals surface area contributed by atoms with Gasteiger partial charge in [0.05, 0.1) is 6.61 Å². The topological polar surface area (TPSA) is 29.5 Å². The van der Waals surface area contributed by atoms with Crippen molar-refractivity contribution in [3.8, 4) is 22.6 Å². The van der Waals surface area contributed by atoms with E-state index in [0.717, 1.165) is 18.2 Å². The van der Waals surface area contributed by atoms with Crippen molar-refractivity contribution < 1.29 is 36.2 Å². The van der Waals surface area contributed by atoms with Crippen molar-refractivity contribution in [2.75, 3.05) is 6.61 Å². The molecule has 0 heterocycles. The Morgan fingerprint density at radius 1 is 0.647 bits per heavy atom. The Bertz CT molecular complexity index is 1220. The van der Waals surface area contributed by atoms with Crippen molar-refractivity contribution in [2.45, 2.75) is 44.4 Å². The second kappa shape index (κ2) is 9.60. The summed E-state index contributed by atoms with van der Waals surface area (Å²) in [7, 11) is 0. The van der Waals surface area contributed by atoms with Gasteiger partial charge in [-0.2, -0.15) is 8.78 Å². The molecule has 180 valence electrons. The zero-order valence-corrected chi connectivity index (χ0v) is 18.3. The lowest BCUT2D eigenvalue weighted by molar-refractivity contribution is 0.314. The van der Waals surface area contributed by atoms with Crippen LogP contribution in [-0.2, 0) is 0 Å². The average Bonchev–Trinajstić information content (AvgIpc) is 2.83. The molecule has 0 saturated heterocycles. The van der Waals surface area contributed by atoms with Gasteiger partial charge in [-0.1, -0.05) is 18.2 Å². The van der Waals surface area contributed by atoms with Crippen LogP contribution in [0.15, 0.2) is 36.4 Å². The van der Waals surface area contributed by atoms with Crippen LogP contribution in [0.3, 0.4) is 0 Å². The van der Waals surface area contributed by atoms with Gasteiger partial charge in [-0.25, -0.2) is 17.6 Å². The van der Waals surface area contributed by atoms with E-state index in [-0.39, 0.29) is 35.3 Å². The first-order valence-corrected chi connectivity index (χ1v) is 11.0. The predicted octanol–water partition coefficient (Wildman–Crippen LogP) is 7.73. The Balaban J connectivity index is 1.56. The van der Waals surface area contributed by atoms with Gasteiger partial charge in [0.25, 0.3) is 0 Å². The van der Waals surface area contributed by atoms with E-state index in [2.05, 4.69) is 0 Å². The third-order valence-electron chi connectivity index (χ3n) is 6.45. The molecule has 3 aromatic carbocycles. The molecule has 1 saturated carbocycles. The zero-order chi connectivity index (χ0) is 24.6. The van der Waals surface area contributed by atoms with Gasteiger partial charge in [-0.05, 0) is 73.8 Å². The summed E-state index contributed by atoms with van der Waals surface area (Å²) in [5.41, 5.74) is -0.582. The summed E-state index contributed by atoms with van der Waals surface area (Å²) in [6.07, 6.45) is 1.61. The van der Waals surface area contributed by atoms with Gasteiger partial charge in [-0.3, -0.25) is 0 Å². The number of hydrogen-bond donors (Lipinski definition) is 1. The smallest absolute Gasteiger partial charge is 0.201 e. The molecule has 0 aromatic heterocycles. The summed E-state index contributed by atoms with van der Waals surface area (Å²) in [5.74, 6) is -9.22. The third-order valence-corrected chi connectivity index (χ3v) is 6.45. The summed E-state index contributed by atoms with van der Waals surface area (Å²) >= 11 is 0. The average molecular weight is 480 g/mol. The van der Waals surface area contributed by atoms with Gasteiger partial charge in [0, 0.05) is 11.1 Å². The van der Waals surface area contributed by atoms with Crippen LogP contribution in [-0.4, -0.2) is 11.7 Å². The van der Waals surface area contributed by atoms with Gasteiger partial charge < -0.3 is 9.84 Å². The highest BCUT2D eigenvalue weighted by Crippen LogP contribution is 2.44. The van der Waals surface area contributed by atoms with E-state index in [1.807, 2.05) is 0 Å². The highest BCUT2D eigenvalue weighted by Gasteiger charge is 2.30. The quantitative estimate of drug-likeness (QED) is 0.379. The minimum atomic E-state index is -1.33. The van der Waals surface area contributed by atoms with Crippen LogP contribution in [0.1, 0.15) is 55.6 Å². The van der Waals surface area contributed by atoms with E-state index in [0.29, 0.717) is 25.7 Å². The number of aromatic hydroxyl groups is 1. The summed E-state index contributed by atoms with van der Waals surface area (Å²) in [6.45, 7) is 1.72. The Labute approximate surface area is 192 Å². The maximum Gasteiger partial charge on any atom is 0.201 e. The highest BCUT2D eigenvalue weighted by molar-refractivity contribution is 5.66. The molecule has 1 aliphatic carbocycles. The first kappa shape index (κ1) is 24.0. The van der Waals surface area contributed by atoms with E-state index >= 15 is 0 Å². The maximum absolute atomic E-state index is 15.0. The molecule has 0 radical (unpaired) electrons. The monoisotopic (exact) mass is 480 g/mol. The van der Waals surface area contributed by atoms with E-state index in [1.54, 1.807) is 6.92 Å². The van der Waals surface area contributed by atoms with Crippen LogP contribution in [0.25, 0.3) is 11.1 Å². The lowest BCUT2D eigenvalue weighted by Crippen LogP contribution is -2.15. The molecule has 34 heavy (non-hydrogen) atoms. The molecule has 0 unspecified atom stereocenters. The van der Waals surface area contributed by atoms with Crippen LogP contribution >= 0.6 is 0 Å². The third kappa shape index (κ3) is 4.21. The number of phenols is 1. The highest BCUT2D eigenvalue weighted by atomic mass is 19.2. The number of benzene rings is 3. The van der Waals surface area contributed by atoms with Crippen LogP contribution < -0.4 is 4.74 Å². The Morgan fingerprint density at radius 3 is 1.68 bits per heavy atom. The molecule has 0 amide bonds. The Morgan fingerprint density at radius 2 is 1.12 bits per heavy atom. The normalized spacial score (nSPS) is 18.2. The number of hydrogen-bond acceptors (Lipinski definition) is 2. The molecule has 3 aromatic rings. The van der Waals surface area contributed by atoms with E-state index < -0.39 is 51.8 Å². The van der Waals surface area contributed by atoms with Crippen molar-refractivity contribution in [3.63, 3.8) is 0 Å². The van der Waals surface area contributed by atoms with Gasteiger partial charge in [0.1, 0.15) is 0 Å². The lowest BCUT2D eigenvalue weighted by Gasteiger charge is -2.29. The van der Waals surface area contributed by atoms with Crippen LogP contribution in [0, 0.1) is 34.9 Å². The van der Waals surface area contributed by atoms with Crippen molar-refractivity contribution in [2.24, 2.45) is 0 Å². The van der Waals surface area contributed by atoms with Crippen molar-refractivity contribution >= 4 is 0 Å². The van der Waals surface area contributed by atoms with Crippen molar-refractivity contribution in [1.82, 2.24) is 0 Å². The molecule has 4 rings (SSSR count). The van der Waals surface area contributed by atoms with Gasteiger partial charge in [0.2, 0.25) is 11.6 Å². The number of rotatable bonds is 5. The molecule has 0 spiro atoms. The molecular weight excluding hydrogens is 458 g/mol. The predicted molar refractivity (Wildman–Crippen MR) is 115 cm³/mol. The van der Waals surface area contributed by atoms with E-state index in [9.17, 15) is 31.4 Å². The fourth-order valence-electron chi connectivity index (χ4n) is 4.68. The van der Waals surface area contributed by atoms with Crippen molar-refractivity contribution in [3.05, 3.63) is 82.4 Å². The second-order valence-corrected chi connectivity index (χ2v) is 8.35. The van der Waals surface area contributed by atoms with Crippen LogP contribution in [0.4, 0.5) is 26.3 Å². The SMILES string of the molecule is CCOc1ccc(-c2ccc(C3CCC(c4ccc(O)c(F)c4F)CC3)c(F)c2F)c(F)c1F. The fraction of sp³-hybridized carbons (Fsp3) is 0.308. The summed E-state index contributed by atoms with van der Waals surface area (Å²) in [6, 6.07) is 7.29. The molecular formula is C26H22F6O2. The van der Waals surface area contributed by atoms with Crippen LogP contribution in [0.5, 0.6) is 11.5 Å². The molecule has 0 bridgehead atoms.